The summed E-state index contributed by atoms with van der Waals surface area (Å²) >= 11 is 9.69. The summed E-state index contributed by atoms with van der Waals surface area (Å²) in [6.07, 6.45) is 4.98. The van der Waals surface area contributed by atoms with E-state index < -0.39 is 23.8 Å². The minimum Gasteiger partial charge on any atom is -0.478 e. The van der Waals surface area contributed by atoms with Crippen molar-refractivity contribution < 1.29 is 29.0 Å². The summed E-state index contributed by atoms with van der Waals surface area (Å²) in [5.41, 5.74) is 0.127. The first-order chi connectivity index (χ1) is 12.5. The van der Waals surface area contributed by atoms with Gasteiger partial charge in [0, 0.05) is 29.2 Å². The highest BCUT2D eigenvalue weighted by molar-refractivity contribution is 6.55. The molecule has 1 atom stereocenters. The van der Waals surface area contributed by atoms with Crippen molar-refractivity contribution in [3.8, 4) is 6.07 Å². The number of methoxy groups -OCH3 is 2. The van der Waals surface area contributed by atoms with Crippen LogP contribution in [0.1, 0.15) is 6.92 Å². The van der Waals surface area contributed by atoms with E-state index in [4.69, 9.17) is 33.6 Å². The molecule has 0 saturated heterocycles. The molecule has 7 nitrogen and oxygen atoms in total. The zero-order valence-electron chi connectivity index (χ0n) is 15.2. The molecule has 0 aromatic rings. The normalized spacial score (nSPS) is 10.6. The lowest BCUT2D eigenvalue weighted by atomic mass is 9.97. The molecule has 148 valence electrons. The Morgan fingerprint density at radius 3 is 1.93 bits per heavy atom. The first-order valence-electron chi connectivity index (χ1n) is 6.93. The molecule has 0 bridgehead atoms. The van der Waals surface area contributed by atoms with E-state index in [2.05, 4.69) is 29.2 Å². The van der Waals surface area contributed by atoms with Crippen LogP contribution in [0.2, 0.25) is 0 Å². The summed E-state index contributed by atoms with van der Waals surface area (Å²) in [6, 6.07) is 1.76. The second-order valence-electron chi connectivity index (χ2n) is 4.25. The molecule has 0 fully saturated rings. The van der Waals surface area contributed by atoms with Gasteiger partial charge in [0.2, 0.25) is 0 Å². The number of carboxylic acid groups (broad SMARTS) is 1. The van der Waals surface area contributed by atoms with Gasteiger partial charge >= 0.3 is 17.9 Å². The average Bonchev–Trinajstić information content (AvgIpc) is 2.62. The number of nitriles is 1. The average molecular weight is 418 g/mol. The zero-order valence-corrected chi connectivity index (χ0v) is 16.7. The van der Waals surface area contributed by atoms with E-state index >= 15 is 0 Å². The molecule has 1 N–H and O–H groups in total. The summed E-state index contributed by atoms with van der Waals surface area (Å²) in [7, 11) is 2.51. The lowest BCUT2D eigenvalue weighted by Crippen LogP contribution is -2.12. The molecule has 0 aliphatic rings. The number of carbonyl (C=O) groups is 3. The van der Waals surface area contributed by atoms with Crippen LogP contribution in [0.25, 0.3) is 0 Å². The number of carbonyl (C=O) groups excluding carboxylic acids is 2. The van der Waals surface area contributed by atoms with E-state index in [1.165, 1.54) is 33.3 Å². The van der Waals surface area contributed by atoms with Gasteiger partial charge in [-0.3, -0.25) is 0 Å². The molecule has 0 aromatic carbocycles. The Morgan fingerprint density at radius 1 is 1.19 bits per heavy atom. The number of aliphatic carboxylic acids is 1. The molecule has 0 aliphatic heterocycles. The lowest BCUT2D eigenvalue weighted by molar-refractivity contribution is -0.136. The number of halogens is 2. The van der Waals surface area contributed by atoms with Crippen LogP contribution in [-0.4, -0.2) is 37.2 Å². The van der Waals surface area contributed by atoms with E-state index in [0.29, 0.717) is 0 Å². The molecular formula is C18H21Cl2NO6. The van der Waals surface area contributed by atoms with Crippen LogP contribution in [0.3, 0.4) is 0 Å². The summed E-state index contributed by atoms with van der Waals surface area (Å²) in [4.78, 5) is 31.8. The Balaban J connectivity index is -0.000000472. The fourth-order valence-electron chi connectivity index (χ4n) is 1.11. The Kier molecular flexibility index (Phi) is 19.3. The largest absolute Gasteiger partial charge is 0.478 e. The van der Waals surface area contributed by atoms with Gasteiger partial charge in [-0.15, -0.1) is 0 Å². The van der Waals surface area contributed by atoms with Gasteiger partial charge in [0.25, 0.3) is 0 Å². The quantitative estimate of drug-likeness (QED) is 0.397. The van der Waals surface area contributed by atoms with Crippen molar-refractivity contribution in [2.45, 2.75) is 6.92 Å². The van der Waals surface area contributed by atoms with Crippen molar-refractivity contribution >= 4 is 41.1 Å². The van der Waals surface area contributed by atoms with E-state index in [1.54, 1.807) is 6.07 Å². The predicted octanol–water partition coefficient (Wildman–Crippen LogP) is 3.72. The molecular weight excluding hydrogens is 397 g/mol. The van der Waals surface area contributed by atoms with Crippen LogP contribution < -0.4 is 0 Å². The van der Waals surface area contributed by atoms with E-state index in [9.17, 15) is 14.4 Å². The molecule has 0 aliphatic carbocycles. The van der Waals surface area contributed by atoms with Crippen molar-refractivity contribution in [1.82, 2.24) is 0 Å². The summed E-state index contributed by atoms with van der Waals surface area (Å²) < 4.78 is 8.74. The maximum absolute atomic E-state index is 11.3. The van der Waals surface area contributed by atoms with Crippen molar-refractivity contribution in [1.29, 1.82) is 5.26 Å². The molecule has 0 spiro atoms. The van der Waals surface area contributed by atoms with Crippen LogP contribution >= 0.6 is 23.2 Å². The van der Waals surface area contributed by atoms with Crippen LogP contribution in [0, 0.1) is 17.2 Å². The summed E-state index contributed by atoms with van der Waals surface area (Å²) in [5, 5.41) is 17.1. The number of esters is 2. The molecule has 1 unspecified atom stereocenters. The maximum atomic E-state index is 11.3. The first kappa shape index (κ1) is 29.0. The SMILES string of the molecule is C=C(C(=O)OC)C(C=CC#N)C=C(C)C(=O)O.C=C(Cl)Cl.C=CC(=O)OC. The topological polar surface area (TPSA) is 114 Å². The number of ether oxygens (including phenoxy) is 2. The van der Waals surface area contributed by atoms with Crippen molar-refractivity contribution in [2.75, 3.05) is 14.2 Å². The smallest absolute Gasteiger partial charge is 0.334 e. The highest BCUT2D eigenvalue weighted by Crippen LogP contribution is 2.16. The number of hydrogen-bond acceptors (Lipinski definition) is 6. The molecule has 0 aromatic heterocycles. The third-order valence-corrected chi connectivity index (χ3v) is 2.36. The summed E-state index contributed by atoms with van der Waals surface area (Å²) in [5.74, 6) is -2.81. The Hall–Kier alpha value is -2.82. The Bertz CT molecular complexity index is 655. The highest BCUT2D eigenvalue weighted by Gasteiger charge is 2.16. The van der Waals surface area contributed by atoms with Gasteiger partial charge in [0.1, 0.15) is 0 Å². The molecule has 0 amide bonds. The Morgan fingerprint density at radius 2 is 1.67 bits per heavy atom. The number of allylic oxidation sites excluding steroid dienone is 3. The molecule has 0 heterocycles. The van der Waals surface area contributed by atoms with Crippen molar-refractivity contribution in [3.63, 3.8) is 0 Å². The first-order valence-corrected chi connectivity index (χ1v) is 7.69. The van der Waals surface area contributed by atoms with Gasteiger partial charge in [-0.25, -0.2) is 14.4 Å². The van der Waals surface area contributed by atoms with E-state index in [-0.39, 0.29) is 15.6 Å². The van der Waals surface area contributed by atoms with Crippen molar-refractivity contribution in [3.05, 3.63) is 59.7 Å². The van der Waals surface area contributed by atoms with Gasteiger partial charge in [-0.2, -0.15) is 5.26 Å². The van der Waals surface area contributed by atoms with Crippen LogP contribution in [0.4, 0.5) is 0 Å². The van der Waals surface area contributed by atoms with E-state index in [0.717, 1.165) is 12.2 Å². The van der Waals surface area contributed by atoms with Gasteiger partial charge < -0.3 is 14.6 Å². The lowest BCUT2D eigenvalue weighted by Gasteiger charge is -2.10. The molecule has 0 saturated carbocycles. The fourth-order valence-corrected chi connectivity index (χ4v) is 1.11. The maximum Gasteiger partial charge on any atom is 0.334 e. The molecule has 9 heteroatoms. The third kappa shape index (κ3) is 19.4. The minimum atomic E-state index is -1.10. The van der Waals surface area contributed by atoms with Gasteiger partial charge in [0.15, 0.2) is 0 Å². The monoisotopic (exact) mass is 417 g/mol. The van der Waals surface area contributed by atoms with Gasteiger partial charge in [-0.05, 0) is 6.92 Å². The highest BCUT2D eigenvalue weighted by atomic mass is 35.5. The van der Waals surface area contributed by atoms with E-state index in [1.807, 2.05) is 0 Å². The number of rotatable bonds is 6. The number of hydrogen-bond donors (Lipinski definition) is 1. The van der Waals surface area contributed by atoms with Gasteiger partial charge in [0.05, 0.1) is 24.8 Å². The minimum absolute atomic E-state index is 0.0580. The predicted molar refractivity (Wildman–Crippen MR) is 104 cm³/mol. The zero-order chi connectivity index (χ0) is 22.0. The van der Waals surface area contributed by atoms with Gasteiger partial charge in [-0.1, -0.05) is 55.1 Å². The van der Waals surface area contributed by atoms with Crippen LogP contribution in [-0.2, 0) is 23.9 Å². The van der Waals surface area contributed by atoms with Crippen molar-refractivity contribution in [2.24, 2.45) is 5.92 Å². The van der Waals surface area contributed by atoms with Crippen LogP contribution in [0.5, 0.6) is 0 Å². The number of carboxylic acids is 1. The molecule has 27 heavy (non-hydrogen) atoms. The molecule has 0 rings (SSSR count). The number of nitrogens with zero attached hydrogens (tertiary/aromatic N) is 1. The molecule has 0 radical (unpaired) electrons. The standard InChI is InChI=1S/C12H13NO4.C4H6O2.C2H2Cl2/c1-8(11(14)15)7-10(5-4-6-13)9(2)12(16)17-3;1-3-4(5)6-2;1-2(3)4/h4-5,7,10H,2H2,1,3H3,(H,14,15);3H,1H2,2H3;1H2. The van der Waals surface area contributed by atoms with Crippen LogP contribution in [0.15, 0.2) is 59.7 Å². The Labute approximate surface area is 168 Å². The third-order valence-electron chi connectivity index (χ3n) is 2.36. The second-order valence-corrected chi connectivity index (χ2v) is 5.36. The summed E-state index contributed by atoms with van der Waals surface area (Å²) in [6.45, 7) is 11.2. The second kappa shape index (κ2) is 18.0. The fraction of sp³-hybridized carbons (Fsp3) is 0.222.